The number of unbranched alkanes of at least 4 members (excludes halogenated alkanes) is 1. The number of carboxylic acids is 1. The van der Waals surface area contributed by atoms with Gasteiger partial charge in [0.05, 0.1) is 13.0 Å². The Bertz CT molecular complexity index is 403. The molecule has 4 heteroatoms. The SMILES string of the molecule is O=C(O)CCN(CCCCOc1ccccc1)C1CC1. The van der Waals surface area contributed by atoms with Crippen LogP contribution in [0.5, 0.6) is 5.75 Å². The highest BCUT2D eigenvalue weighted by atomic mass is 16.5. The number of hydrogen-bond acceptors (Lipinski definition) is 3. The van der Waals surface area contributed by atoms with Crippen LogP contribution in [0.25, 0.3) is 0 Å². The van der Waals surface area contributed by atoms with Gasteiger partial charge >= 0.3 is 5.97 Å². The van der Waals surface area contributed by atoms with Crippen LogP contribution in [0.2, 0.25) is 0 Å². The zero-order chi connectivity index (χ0) is 14.2. The molecule has 0 atom stereocenters. The topological polar surface area (TPSA) is 49.8 Å². The van der Waals surface area contributed by atoms with E-state index in [-0.39, 0.29) is 6.42 Å². The highest BCUT2D eigenvalue weighted by molar-refractivity contribution is 5.66. The van der Waals surface area contributed by atoms with Gasteiger partial charge in [-0.1, -0.05) is 18.2 Å². The van der Waals surface area contributed by atoms with Gasteiger partial charge in [-0.3, -0.25) is 9.69 Å². The molecule has 1 aliphatic carbocycles. The van der Waals surface area contributed by atoms with Crippen LogP contribution in [0.4, 0.5) is 0 Å². The summed E-state index contributed by atoms with van der Waals surface area (Å²) in [5, 5.41) is 8.75. The first-order valence-corrected chi connectivity index (χ1v) is 7.39. The zero-order valence-electron chi connectivity index (χ0n) is 11.8. The smallest absolute Gasteiger partial charge is 0.304 e. The molecule has 110 valence electrons. The molecule has 1 aliphatic rings. The van der Waals surface area contributed by atoms with Crippen molar-refractivity contribution in [2.75, 3.05) is 19.7 Å². The average Bonchev–Trinajstić information content (AvgIpc) is 3.27. The molecule has 20 heavy (non-hydrogen) atoms. The maximum Gasteiger partial charge on any atom is 0.304 e. The summed E-state index contributed by atoms with van der Waals surface area (Å²) in [4.78, 5) is 12.9. The molecule has 0 unspecified atom stereocenters. The largest absolute Gasteiger partial charge is 0.494 e. The second-order valence-corrected chi connectivity index (χ2v) is 5.28. The van der Waals surface area contributed by atoms with Crippen molar-refractivity contribution in [1.82, 2.24) is 4.90 Å². The van der Waals surface area contributed by atoms with Crippen molar-refractivity contribution in [2.45, 2.75) is 38.1 Å². The monoisotopic (exact) mass is 277 g/mol. The van der Waals surface area contributed by atoms with Crippen LogP contribution in [-0.2, 0) is 4.79 Å². The van der Waals surface area contributed by atoms with Crippen molar-refractivity contribution < 1.29 is 14.6 Å². The lowest BCUT2D eigenvalue weighted by molar-refractivity contribution is -0.137. The van der Waals surface area contributed by atoms with Gasteiger partial charge in [-0.25, -0.2) is 0 Å². The van der Waals surface area contributed by atoms with Crippen LogP contribution in [0.3, 0.4) is 0 Å². The minimum atomic E-state index is -0.705. The molecule has 0 aliphatic heterocycles. The number of carbonyl (C=O) groups is 1. The van der Waals surface area contributed by atoms with E-state index in [9.17, 15) is 4.79 Å². The van der Waals surface area contributed by atoms with Gasteiger partial charge in [0, 0.05) is 12.6 Å². The van der Waals surface area contributed by atoms with Gasteiger partial charge in [-0.2, -0.15) is 0 Å². The number of nitrogens with zero attached hydrogens (tertiary/aromatic N) is 1. The Labute approximate surface area is 120 Å². The highest BCUT2D eigenvalue weighted by Gasteiger charge is 2.28. The summed E-state index contributed by atoms with van der Waals surface area (Å²) in [5.74, 6) is 0.209. The maximum atomic E-state index is 10.6. The number of benzene rings is 1. The molecule has 1 fully saturated rings. The van der Waals surface area contributed by atoms with Crippen LogP contribution in [0, 0.1) is 0 Å². The molecule has 0 saturated heterocycles. The van der Waals surface area contributed by atoms with Gasteiger partial charge in [-0.15, -0.1) is 0 Å². The molecule has 0 radical (unpaired) electrons. The van der Waals surface area contributed by atoms with Gasteiger partial charge in [0.15, 0.2) is 0 Å². The van der Waals surface area contributed by atoms with E-state index < -0.39 is 5.97 Å². The van der Waals surface area contributed by atoms with Crippen molar-refractivity contribution in [3.8, 4) is 5.75 Å². The molecule has 1 aromatic rings. The molecule has 0 heterocycles. The first-order valence-electron chi connectivity index (χ1n) is 7.39. The number of hydrogen-bond donors (Lipinski definition) is 1. The van der Waals surface area contributed by atoms with E-state index in [0.717, 1.165) is 31.7 Å². The lowest BCUT2D eigenvalue weighted by Crippen LogP contribution is -2.29. The normalized spacial score (nSPS) is 14.4. The fourth-order valence-corrected chi connectivity index (χ4v) is 2.28. The Morgan fingerprint density at radius 1 is 1.20 bits per heavy atom. The van der Waals surface area contributed by atoms with E-state index >= 15 is 0 Å². The second-order valence-electron chi connectivity index (χ2n) is 5.28. The van der Waals surface area contributed by atoms with E-state index in [1.54, 1.807) is 0 Å². The molecular weight excluding hydrogens is 254 g/mol. The summed E-state index contributed by atoms with van der Waals surface area (Å²) in [7, 11) is 0. The number of para-hydroxylation sites is 1. The number of carboxylic acid groups (broad SMARTS) is 1. The molecule has 0 bridgehead atoms. The molecular formula is C16H23NO3. The quantitative estimate of drug-likeness (QED) is 0.668. The lowest BCUT2D eigenvalue weighted by Gasteiger charge is -2.20. The number of aliphatic carboxylic acids is 1. The summed E-state index contributed by atoms with van der Waals surface area (Å²) >= 11 is 0. The summed E-state index contributed by atoms with van der Waals surface area (Å²) in [6, 6.07) is 10.5. The highest BCUT2D eigenvalue weighted by Crippen LogP contribution is 2.27. The molecule has 0 amide bonds. The summed E-state index contributed by atoms with van der Waals surface area (Å²) in [6.45, 7) is 2.39. The van der Waals surface area contributed by atoms with Crippen LogP contribution in [0.15, 0.2) is 30.3 Å². The Hall–Kier alpha value is -1.55. The average molecular weight is 277 g/mol. The molecule has 2 rings (SSSR count). The first kappa shape index (κ1) is 14.9. The van der Waals surface area contributed by atoms with E-state index in [2.05, 4.69) is 4.90 Å². The molecule has 1 N–H and O–H groups in total. The molecule has 0 spiro atoms. The van der Waals surface area contributed by atoms with Crippen molar-refractivity contribution in [3.63, 3.8) is 0 Å². The Morgan fingerprint density at radius 2 is 1.95 bits per heavy atom. The van der Waals surface area contributed by atoms with Crippen LogP contribution < -0.4 is 4.74 Å². The maximum absolute atomic E-state index is 10.6. The lowest BCUT2D eigenvalue weighted by atomic mass is 10.2. The predicted octanol–water partition coefficient (Wildman–Crippen LogP) is 2.78. The number of ether oxygens (including phenoxy) is 1. The van der Waals surface area contributed by atoms with Crippen molar-refractivity contribution in [2.24, 2.45) is 0 Å². The summed E-state index contributed by atoms with van der Waals surface area (Å²) < 4.78 is 5.65. The van der Waals surface area contributed by atoms with Gasteiger partial charge in [0.25, 0.3) is 0 Å². The van der Waals surface area contributed by atoms with E-state index in [0.29, 0.717) is 12.6 Å². The molecule has 1 saturated carbocycles. The zero-order valence-corrected chi connectivity index (χ0v) is 11.8. The second kappa shape index (κ2) is 7.90. The predicted molar refractivity (Wildman–Crippen MR) is 78.0 cm³/mol. The van der Waals surface area contributed by atoms with Gasteiger partial charge in [0.1, 0.15) is 5.75 Å². The number of rotatable bonds is 10. The molecule has 4 nitrogen and oxygen atoms in total. The fourth-order valence-electron chi connectivity index (χ4n) is 2.28. The Morgan fingerprint density at radius 3 is 2.60 bits per heavy atom. The summed E-state index contributed by atoms with van der Waals surface area (Å²) in [5.41, 5.74) is 0. The van der Waals surface area contributed by atoms with Crippen molar-refractivity contribution in [1.29, 1.82) is 0 Å². The molecule has 1 aromatic carbocycles. The van der Waals surface area contributed by atoms with Gasteiger partial charge in [0.2, 0.25) is 0 Å². The van der Waals surface area contributed by atoms with Crippen LogP contribution in [0.1, 0.15) is 32.1 Å². The Kier molecular flexibility index (Phi) is 5.87. The first-order chi connectivity index (χ1) is 9.75. The Balaban J connectivity index is 1.57. The van der Waals surface area contributed by atoms with Crippen molar-refractivity contribution >= 4 is 5.97 Å². The van der Waals surface area contributed by atoms with Crippen LogP contribution >= 0.6 is 0 Å². The standard InChI is InChI=1S/C16H23NO3/c18-16(19)10-12-17(14-8-9-14)11-4-5-13-20-15-6-2-1-3-7-15/h1-3,6-7,14H,4-5,8-13H2,(H,18,19). The third-order valence-electron chi connectivity index (χ3n) is 3.53. The van der Waals surface area contributed by atoms with Crippen LogP contribution in [-0.4, -0.2) is 41.7 Å². The van der Waals surface area contributed by atoms with Gasteiger partial charge < -0.3 is 9.84 Å². The summed E-state index contributed by atoms with van der Waals surface area (Å²) in [6.07, 6.45) is 4.76. The third-order valence-corrected chi connectivity index (χ3v) is 3.53. The van der Waals surface area contributed by atoms with E-state index in [1.165, 1.54) is 12.8 Å². The van der Waals surface area contributed by atoms with Crippen molar-refractivity contribution in [3.05, 3.63) is 30.3 Å². The van der Waals surface area contributed by atoms with E-state index in [4.69, 9.17) is 9.84 Å². The van der Waals surface area contributed by atoms with Gasteiger partial charge in [-0.05, 0) is 44.4 Å². The minimum absolute atomic E-state index is 0.247. The van der Waals surface area contributed by atoms with E-state index in [1.807, 2.05) is 30.3 Å². The minimum Gasteiger partial charge on any atom is -0.494 e. The fraction of sp³-hybridized carbons (Fsp3) is 0.562. The third kappa shape index (κ3) is 5.61. The molecule has 0 aromatic heterocycles.